The van der Waals surface area contributed by atoms with Gasteiger partial charge in [0, 0.05) is 18.7 Å². The Morgan fingerprint density at radius 1 is 1.00 bits per heavy atom. The first kappa shape index (κ1) is 18.1. The molecule has 3 nitrogen and oxygen atoms in total. The Labute approximate surface area is 145 Å². The van der Waals surface area contributed by atoms with E-state index < -0.39 is 0 Å². The minimum atomic E-state index is 0.0322. The Hall–Kier alpha value is -2.29. The van der Waals surface area contributed by atoms with Crippen LogP contribution in [-0.2, 0) is 10.2 Å². The zero-order valence-electron chi connectivity index (χ0n) is 15.1. The quantitative estimate of drug-likeness (QED) is 0.811. The molecule has 1 unspecified atom stereocenters. The maximum Gasteiger partial charge on any atom is 0.222 e. The van der Waals surface area contributed by atoms with E-state index in [1.807, 2.05) is 37.3 Å². The minimum Gasteiger partial charge on any atom is -0.385 e. The van der Waals surface area contributed by atoms with Gasteiger partial charge in [-0.3, -0.25) is 4.79 Å². The molecule has 2 aromatic carbocycles. The molecule has 0 aliphatic carbocycles. The highest BCUT2D eigenvalue weighted by atomic mass is 16.1. The number of nitrogens with one attached hydrogen (secondary N) is 2. The third-order valence-corrected chi connectivity index (χ3v) is 4.11. The van der Waals surface area contributed by atoms with Crippen LogP contribution in [0.15, 0.2) is 54.6 Å². The summed E-state index contributed by atoms with van der Waals surface area (Å²) in [7, 11) is 0. The predicted octanol–water partition coefficient (Wildman–Crippen LogP) is 4.66. The monoisotopic (exact) mass is 324 g/mol. The highest BCUT2D eigenvalue weighted by Crippen LogP contribution is 2.23. The van der Waals surface area contributed by atoms with Crippen molar-refractivity contribution in [1.82, 2.24) is 5.32 Å². The van der Waals surface area contributed by atoms with E-state index in [9.17, 15) is 4.79 Å². The summed E-state index contributed by atoms with van der Waals surface area (Å²) in [6.07, 6.45) is 0.457. The zero-order chi connectivity index (χ0) is 17.6. The van der Waals surface area contributed by atoms with Gasteiger partial charge in [-0.25, -0.2) is 0 Å². The van der Waals surface area contributed by atoms with Gasteiger partial charge in [0.1, 0.15) is 0 Å². The van der Waals surface area contributed by atoms with E-state index in [4.69, 9.17) is 0 Å². The van der Waals surface area contributed by atoms with Crippen LogP contribution in [0.4, 0.5) is 5.69 Å². The highest BCUT2D eigenvalue weighted by molar-refractivity contribution is 5.77. The third-order valence-electron chi connectivity index (χ3n) is 4.11. The number of amides is 1. The molecule has 1 amide bonds. The summed E-state index contributed by atoms with van der Waals surface area (Å²) in [6, 6.07) is 18.5. The second-order valence-electron chi connectivity index (χ2n) is 7.20. The number of hydrogen-bond acceptors (Lipinski definition) is 2. The summed E-state index contributed by atoms with van der Waals surface area (Å²) in [5.41, 5.74) is 3.64. The number of hydrogen-bond donors (Lipinski definition) is 2. The second-order valence-corrected chi connectivity index (χ2v) is 7.20. The van der Waals surface area contributed by atoms with Crippen molar-refractivity contribution in [2.75, 3.05) is 11.9 Å². The molecule has 1 atom stereocenters. The van der Waals surface area contributed by atoms with Crippen molar-refractivity contribution in [2.45, 2.75) is 45.6 Å². The summed E-state index contributed by atoms with van der Waals surface area (Å²) in [5, 5.41) is 6.34. The smallest absolute Gasteiger partial charge is 0.222 e. The SMILES string of the molecule is CC(NC(=O)CCNc1ccc(C(C)(C)C)cc1)c1ccccc1. The Kier molecular flexibility index (Phi) is 6.02. The summed E-state index contributed by atoms with van der Waals surface area (Å²) in [4.78, 5) is 12.1. The molecule has 0 saturated heterocycles. The Morgan fingerprint density at radius 3 is 2.21 bits per heavy atom. The molecule has 0 radical (unpaired) electrons. The van der Waals surface area contributed by atoms with Gasteiger partial charge in [-0.15, -0.1) is 0 Å². The third kappa shape index (κ3) is 5.41. The maximum atomic E-state index is 12.1. The van der Waals surface area contributed by atoms with Crippen molar-refractivity contribution in [3.8, 4) is 0 Å². The standard InChI is InChI=1S/C21H28N2O/c1-16(17-8-6-5-7-9-17)23-20(24)14-15-22-19-12-10-18(11-13-19)21(2,3)4/h5-13,16,22H,14-15H2,1-4H3,(H,23,24). The van der Waals surface area contributed by atoms with Gasteiger partial charge in [0.05, 0.1) is 6.04 Å². The lowest BCUT2D eigenvalue weighted by Gasteiger charge is -2.19. The molecule has 0 bridgehead atoms. The van der Waals surface area contributed by atoms with Gasteiger partial charge >= 0.3 is 0 Å². The van der Waals surface area contributed by atoms with Gasteiger partial charge in [-0.05, 0) is 35.6 Å². The number of rotatable bonds is 6. The van der Waals surface area contributed by atoms with Crippen molar-refractivity contribution in [3.63, 3.8) is 0 Å². The van der Waals surface area contributed by atoms with Crippen LogP contribution in [-0.4, -0.2) is 12.5 Å². The largest absolute Gasteiger partial charge is 0.385 e. The van der Waals surface area contributed by atoms with Crippen molar-refractivity contribution >= 4 is 11.6 Å². The topological polar surface area (TPSA) is 41.1 Å². The van der Waals surface area contributed by atoms with E-state index in [1.165, 1.54) is 5.56 Å². The highest BCUT2D eigenvalue weighted by Gasteiger charge is 2.13. The molecule has 0 heterocycles. The summed E-state index contributed by atoms with van der Waals surface area (Å²) in [5.74, 6) is 0.0603. The summed E-state index contributed by atoms with van der Waals surface area (Å²) >= 11 is 0. The Balaban J connectivity index is 1.76. The van der Waals surface area contributed by atoms with E-state index in [2.05, 4.69) is 55.7 Å². The average molecular weight is 324 g/mol. The van der Waals surface area contributed by atoms with E-state index in [0.717, 1.165) is 11.3 Å². The lowest BCUT2D eigenvalue weighted by atomic mass is 9.87. The molecule has 0 aromatic heterocycles. The van der Waals surface area contributed by atoms with Crippen LogP contribution < -0.4 is 10.6 Å². The van der Waals surface area contributed by atoms with E-state index in [-0.39, 0.29) is 17.4 Å². The van der Waals surface area contributed by atoms with Gasteiger partial charge in [-0.2, -0.15) is 0 Å². The van der Waals surface area contributed by atoms with Crippen LogP contribution in [0.2, 0.25) is 0 Å². The van der Waals surface area contributed by atoms with Crippen LogP contribution in [0.25, 0.3) is 0 Å². The number of benzene rings is 2. The first-order valence-corrected chi connectivity index (χ1v) is 8.55. The molecule has 0 spiro atoms. The molecule has 0 saturated carbocycles. The van der Waals surface area contributed by atoms with Gasteiger partial charge in [0.15, 0.2) is 0 Å². The molecule has 2 rings (SSSR count). The van der Waals surface area contributed by atoms with Gasteiger partial charge in [0.2, 0.25) is 5.91 Å². The first-order valence-electron chi connectivity index (χ1n) is 8.55. The second kappa shape index (κ2) is 8.00. The van der Waals surface area contributed by atoms with Crippen LogP contribution in [0.5, 0.6) is 0 Å². The molecule has 2 aromatic rings. The van der Waals surface area contributed by atoms with Crippen LogP contribution in [0, 0.1) is 0 Å². The molecule has 24 heavy (non-hydrogen) atoms. The zero-order valence-corrected chi connectivity index (χ0v) is 15.1. The summed E-state index contributed by atoms with van der Waals surface area (Å²) in [6.45, 7) is 9.24. The van der Waals surface area contributed by atoms with Crippen LogP contribution in [0.1, 0.15) is 51.3 Å². The molecular weight excluding hydrogens is 296 g/mol. The average Bonchev–Trinajstić information content (AvgIpc) is 2.55. The van der Waals surface area contributed by atoms with E-state index in [1.54, 1.807) is 0 Å². The predicted molar refractivity (Wildman–Crippen MR) is 101 cm³/mol. The first-order chi connectivity index (χ1) is 11.4. The molecule has 0 aliphatic heterocycles. The Morgan fingerprint density at radius 2 is 1.62 bits per heavy atom. The van der Waals surface area contributed by atoms with E-state index >= 15 is 0 Å². The fraction of sp³-hybridized carbons (Fsp3) is 0.381. The molecule has 0 aliphatic rings. The fourth-order valence-corrected chi connectivity index (χ4v) is 2.55. The molecule has 128 valence electrons. The van der Waals surface area contributed by atoms with Crippen LogP contribution in [0.3, 0.4) is 0 Å². The van der Waals surface area contributed by atoms with Crippen LogP contribution >= 0.6 is 0 Å². The van der Waals surface area contributed by atoms with Crippen molar-refractivity contribution in [1.29, 1.82) is 0 Å². The van der Waals surface area contributed by atoms with E-state index in [0.29, 0.717) is 13.0 Å². The number of carbonyl (C=O) groups excluding carboxylic acids is 1. The van der Waals surface area contributed by atoms with Crippen molar-refractivity contribution in [2.24, 2.45) is 0 Å². The van der Waals surface area contributed by atoms with Gasteiger partial charge in [0.25, 0.3) is 0 Å². The van der Waals surface area contributed by atoms with Crippen molar-refractivity contribution in [3.05, 3.63) is 65.7 Å². The van der Waals surface area contributed by atoms with Gasteiger partial charge < -0.3 is 10.6 Å². The molecule has 2 N–H and O–H groups in total. The normalized spacial score (nSPS) is 12.5. The fourth-order valence-electron chi connectivity index (χ4n) is 2.55. The maximum absolute atomic E-state index is 12.1. The molecular formula is C21H28N2O. The Bertz CT molecular complexity index is 642. The van der Waals surface area contributed by atoms with Gasteiger partial charge in [-0.1, -0.05) is 63.2 Å². The molecule has 3 heteroatoms. The lowest BCUT2D eigenvalue weighted by Crippen LogP contribution is -2.28. The minimum absolute atomic E-state index is 0.0322. The molecule has 0 fully saturated rings. The lowest BCUT2D eigenvalue weighted by molar-refractivity contribution is -0.121. The van der Waals surface area contributed by atoms with Crippen molar-refractivity contribution < 1.29 is 4.79 Å². The summed E-state index contributed by atoms with van der Waals surface area (Å²) < 4.78 is 0. The number of anilines is 1. The number of carbonyl (C=O) groups is 1.